The van der Waals surface area contributed by atoms with Crippen LogP contribution in [0.5, 0.6) is 5.75 Å². The second kappa shape index (κ2) is 5.69. The molecule has 1 aromatic heterocycles. The summed E-state index contributed by atoms with van der Waals surface area (Å²) >= 11 is 6.00. The number of ether oxygens (including phenoxy) is 1. The number of aromatic nitrogens is 1. The molecule has 2 rings (SSSR count). The van der Waals surface area contributed by atoms with Crippen LogP contribution in [0.3, 0.4) is 0 Å². The van der Waals surface area contributed by atoms with Crippen molar-refractivity contribution in [2.24, 2.45) is 0 Å². The fourth-order valence-electron chi connectivity index (χ4n) is 1.55. The smallest absolute Gasteiger partial charge is 0.144 e. The van der Waals surface area contributed by atoms with Crippen LogP contribution in [-0.2, 0) is 6.54 Å². The van der Waals surface area contributed by atoms with E-state index in [1.165, 1.54) is 19.2 Å². The summed E-state index contributed by atoms with van der Waals surface area (Å²) in [4.78, 5) is 3.91. The molecule has 18 heavy (non-hydrogen) atoms. The molecule has 0 bridgehead atoms. The molecule has 0 aliphatic rings. The van der Waals surface area contributed by atoms with Gasteiger partial charge in [0.2, 0.25) is 0 Å². The predicted molar refractivity (Wildman–Crippen MR) is 69.5 cm³/mol. The van der Waals surface area contributed by atoms with Crippen molar-refractivity contribution < 1.29 is 9.13 Å². The zero-order chi connectivity index (χ0) is 13.0. The fraction of sp³-hybridized carbons (Fsp3) is 0.154. The lowest BCUT2D eigenvalue weighted by molar-refractivity contribution is 0.413. The van der Waals surface area contributed by atoms with Crippen LogP contribution in [0.25, 0.3) is 0 Å². The van der Waals surface area contributed by atoms with E-state index in [0.717, 1.165) is 5.56 Å². The van der Waals surface area contributed by atoms with Crippen molar-refractivity contribution in [1.82, 2.24) is 4.98 Å². The van der Waals surface area contributed by atoms with E-state index in [-0.39, 0.29) is 5.82 Å². The maximum absolute atomic E-state index is 13.0. The number of rotatable bonds is 4. The van der Waals surface area contributed by atoms with Crippen molar-refractivity contribution in [2.45, 2.75) is 6.54 Å². The number of pyridine rings is 1. The predicted octanol–water partition coefficient (Wildman–Crippen LogP) is 3.49. The van der Waals surface area contributed by atoms with Crippen LogP contribution in [0, 0.1) is 5.82 Å². The lowest BCUT2D eigenvalue weighted by Gasteiger charge is -2.11. The van der Waals surface area contributed by atoms with E-state index in [1.807, 2.05) is 6.07 Å². The number of methoxy groups -OCH3 is 1. The van der Waals surface area contributed by atoms with Crippen molar-refractivity contribution in [1.29, 1.82) is 0 Å². The lowest BCUT2D eigenvalue weighted by Crippen LogP contribution is -2.02. The van der Waals surface area contributed by atoms with E-state index in [0.29, 0.717) is 23.0 Å². The molecular weight excluding hydrogens is 255 g/mol. The van der Waals surface area contributed by atoms with Crippen LogP contribution < -0.4 is 10.1 Å². The average Bonchev–Trinajstić information content (AvgIpc) is 2.39. The topological polar surface area (TPSA) is 34.1 Å². The number of nitrogens with one attached hydrogen (secondary N) is 1. The van der Waals surface area contributed by atoms with Gasteiger partial charge < -0.3 is 10.1 Å². The Balaban J connectivity index is 2.13. The average molecular weight is 267 g/mol. The molecule has 0 saturated heterocycles. The minimum Gasteiger partial charge on any atom is -0.494 e. The first kappa shape index (κ1) is 12.6. The summed E-state index contributed by atoms with van der Waals surface area (Å²) < 4.78 is 18.1. The molecule has 1 N–H and O–H groups in total. The summed E-state index contributed by atoms with van der Waals surface area (Å²) in [7, 11) is 1.50. The monoisotopic (exact) mass is 266 g/mol. The van der Waals surface area contributed by atoms with Crippen LogP contribution in [-0.4, -0.2) is 12.1 Å². The molecule has 5 heteroatoms. The van der Waals surface area contributed by atoms with Gasteiger partial charge in [-0.25, -0.2) is 4.39 Å². The Morgan fingerprint density at radius 2 is 2.22 bits per heavy atom. The van der Waals surface area contributed by atoms with E-state index in [4.69, 9.17) is 16.3 Å². The third-order valence-electron chi connectivity index (χ3n) is 2.49. The van der Waals surface area contributed by atoms with Gasteiger partial charge in [-0.1, -0.05) is 11.6 Å². The Morgan fingerprint density at radius 1 is 1.39 bits per heavy atom. The number of benzene rings is 1. The van der Waals surface area contributed by atoms with Gasteiger partial charge in [-0.05, 0) is 23.8 Å². The number of hydrogen-bond acceptors (Lipinski definition) is 3. The van der Waals surface area contributed by atoms with Crippen LogP contribution in [0.15, 0.2) is 36.7 Å². The summed E-state index contributed by atoms with van der Waals surface area (Å²) in [6.45, 7) is 0.517. The van der Waals surface area contributed by atoms with E-state index in [9.17, 15) is 4.39 Å². The maximum Gasteiger partial charge on any atom is 0.144 e. The Morgan fingerprint density at radius 3 is 2.94 bits per heavy atom. The Labute approximate surface area is 110 Å². The van der Waals surface area contributed by atoms with Crippen LogP contribution >= 0.6 is 11.6 Å². The second-order valence-electron chi connectivity index (χ2n) is 3.67. The molecular formula is C13H12ClFN2O. The Bertz CT molecular complexity index is 548. The molecule has 0 unspecified atom stereocenters. The van der Waals surface area contributed by atoms with Gasteiger partial charge in [-0.3, -0.25) is 4.98 Å². The highest BCUT2D eigenvalue weighted by molar-refractivity contribution is 6.31. The molecule has 0 fully saturated rings. The van der Waals surface area contributed by atoms with E-state index < -0.39 is 0 Å². The number of hydrogen-bond donors (Lipinski definition) is 1. The fourth-order valence-corrected chi connectivity index (χ4v) is 1.74. The third-order valence-corrected chi connectivity index (χ3v) is 2.83. The van der Waals surface area contributed by atoms with Crippen molar-refractivity contribution in [3.05, 3.63) is 53.1 Å². The quantitative estimate of drug-likeness (QED) is 0.920. The van der Waals surface area contributed by atoms with Gasteiger partial charge in [0.1, 0.15) is 11.6 Å². The first-order chi connectivity index (χ1) is 8.70. The highest BCUT2D eigenvalue weighted by Gasteiger charge is 2.05. The van der Waals surface area contributed by atoms with Gasteiger partial charge in [-0.2, -0.15) is 0 Å². The molecule has 2 aromatic rings. The molecule has 0 spiro atoms. The largest absolute Gasteiger partial charge is 0.494 e. The van der Waals surface area contributed by atoms with Gasteiger partial charge >= 0.3 is 0 Å². The normalized spacial score (nSPS) is 10.2. The molecule has 0 aliphatic heterocycles. The molecule has 0 radical (unpaired) electrons. The van der Waals surface area contributed by atoms with Crippen molar-refractivity contribution in [3.63, 3.8) is 0 Å². The summed E-state index contributed by atoms with van der Waals surface area (Å²) in [5.41, 5.74) is 1.63. The summed E-state index contributed by atoms with van der Waals surface area (Å²) in [6, 6.07) is 6.16. The molecule has 0 saturated carbocycles. The molecule has 3 nitrogen and oxygen atoms in total. The summed E-state index contributed by atoms with van der Waals surface area (Å²) in [5, 5.41) is 3.73. The van der Waals surface area contributed by atoms with Crippen LogP contribution in [0.4, 0.5) is 10.1 Å². The van der Waals surface area contributed by atoms with Gasteiger partial charge in [-0.15, -0.1) is 0 Å². The molecule has 1 heterocycles. The summed E-state index contributed by atoms with van der Waals surface area (Å²) in [5.74, 6) is 0.125. The molecule has 0 atom stereocenters. The maximum atomic E-state index is 13.0. The molecule has 1 aromatic carbocycles. The van der Waals surface area contributed by atoms with Crippen molar-refractivity contribution in [3.8, 4) is 5.75 Å². The first-order valence-electron chi connectivity index (χ1n) is 5.36. The van der Waals surface area contributed by atoms with Gasteiger partial charge in [0, 0.05) is 25.0 Å². The molecule has 0 amide bonds. The Hall–Kier alpha value is -1.81. The van der Waals surface area contributed by atoms with Crippen molar-refractivity contribution >= 4 is 17.3 Å². The lowest BCUT2D eigenvalue weighted by atomic mass is 10.2. The van der Waals surface area contributed by atoms with Gasteiger partial charge in [0.15, 0.2) is 0 Å². The zero-order valence-corrected chi connectivity index (χ0v) is 10.5. The van der Waals surface area contributed by atoms with Crippen LogP contribution in [0.1, 0.15) is 5.56 Å². The minimum atomic E-state index is -0.334. The zero-order valence-electron chi connectivity index (χ0n) is 9.78. The molecule has 94 valence electrons. The van der Waals surface area contributed by atoms with E-state index in [2.05, 4.69) is 10.3 Å². The minimum absolute atomic E-state index is 0.334. The highest BCUT2D eigenvalue weighted by Crippen LogP contribution is 2.26. The van der Waals surface area contributed by atoms with Gasteiger partial charge in [0.25, 0.3) is 0 Å². The van der Waals surface area contributed by atoms with Crippen molar-refractivity contribution in [2.75, 3.05) is 12.4 Å². The van der Waals surface area contributed by atoms with E-state index in [1.54, 1.807) is 18.5 Å². The third kappa shape index (κ3) is 2.90. The second-order valence-corrected chi connectivity index (χ2v) is 4.07. The van der Waals surface area contributed by atoms with E-state index >= 15 is 0 Å². The van der Waals surface area contributed by atoms with Gasteiger partial charge in [0.05, 0.1) is 17.8 Å². The van der Waals surface area contributed by atoms with Crippen LogP contribution in [0.2, 0.25) is 5.02 Å². The first-order valence-corrected chi connectivity index (χ1v) is 5.74. The number of nitrogens with zero attached hydrogens (tertiary/aromatic N) is 1. The SMILES string of the molecule is COc1cc(F)ccc1NCc1ccncc1Cl. The Kier molecular flexibility index (Phi) is 3.99. The number of halogens is 2. The molecule has 0 aliphatic carbocycles. The summed E-state index contributed by atoms with van der Waals surface area (Å²) in [6.07, 6.45) is 3.26. The highest BCUT2D eigenvalue weighted by atomic mass is 35.5. The number of anilines is 1. The standard InChI is InChI=1S/C13H12ClFN2O/c1-18-13-6-10(15)2-3-12(13)17-7-9-4-5-16-8-11(9)14/h2-6,8,17H,7H2,1H3.